The number of carbonyl (C=O) groups is 2. The molecule has 1 aromatic heterocycles. The van der Waals surface area contributed by atoms with E-state index in [2.05, 4.69) is 10.9 Å². The number of piperidine rings is 1. The molecule has 2 aromatic rings. The van der Waals surface area contributed by atoms with Crippen molar-refractivity contribution < 1.29 is 22.4 Å². The van der Waals surface area contributed by atoms with Gasteiger partial charge in [-0.15, -0.1) is 0 Å². The van der Waals surface area contributed by atoms with Gasteiger partial charge in [0.2, 0.25) is 15.9 Å². The van der Waals surface area contributed by atoms with Crippen LogP contribution in [0.3, 0.4) is 0 Å². The normalized spacial score (nSPS) is 15.4. The first-order valence-corrected chi connectivity index (χ1v) is 10.8. The molecule has 1 aliphatic heterocycles. The van der Waals surface area contributed by atoms with Crippen LogP contribution in [0, 0.1) is 31.1 Å². The molecule has 1 aliphatic rings. The standard InChI is InChI=1S/C20H22N4O5S/c1-13-11-17(14(2)29-13)20(26)23-22-19(25)15-7-9-24(10-8-15)30(27,28)18-6-4-3-5-16(18)12-21/h3-6,11,15H,7-10H2,1-2H3,(H,22,25)(H,23,26). The van der Waals surface area contributed by atoms with Crippen molar-refractivity contribution in [1.82, 2.24) is 15.2 Å². The first-order valence-electron chi connectivity index (χ1n) is 9.40. The molecule has 2 heterocycles. The van der Waals surface area contributed by atoms with E-state index in [9.17, 15) is 23.3 Å². The SMILES string of the molecule is Cc1cc(C(=O)NNC(=O)C2CCN(S(=O)(=O)c3ccccc3C#N)CC2)c(C)o1. The number of sulfonamides is 1. The number of amides is 2. The number of aryl methyl sites for hydroxylation is 2. The first-order chi connectivity index (χ1) is 14.2. The molecule has 10 heteroatoms. The summed E-state index contributed by atoms with van der Waals surface area (Å²) in [5, 5.41) is 9.17. The third-order valence-corrected chi connectivity index (χ3v) is 6.99. The molecule has 1 aromatic carbocycles. The number of furan rings is 1. The van der Waals surface area contributed by atoms with Gasteiger partial charge in [-0.1, -0.05) is 12.1 Å². The molecule has 0 bridgehead atoms. The highest BCUT2D eigenvalue weighted by atomic mass is 32.2. The highest BCUT2D eigenvalue weighted by molar-refractivity contribution is 7.89. The van der Waals surface area contributed by atoms with Gasteiger partial charge in [0.05, 0.1) is 16.0 Å². The largest absolute Gasteiger partial charge is 0.466 e. The summed E-state index contributed by atoms with van der Waals surface area (Å²) in [5.74, 6) is -0.248. The van der Waals surface area contributed by atoms with Crippen molar-refractivity contribution in [2.75, 3.05) is 13.1 Å². The molecule has 0 saturated carbocycles. The van der Waals surface area contributed by atoms with E-state index < -0.39 is 21.8 Å². The van der Waals surface area contributed by atoms with Crippen LogP contribution in [0.5, 0.6) is 0 Å². The summed E-state index contributed by atoms with van der Waals surface area (Å²) in [5.41, 5.74) is 5.19. The molecular weight excluding hydrogens is 408 g/mol. The zero-order valence-corrected chi connectivity index (χ0v) is 17.5. The monoisotopic (exact) mass is 430 g/mol. The fourth-order valence-corrected chi connectivity index (χ4v) is 5.04. The predicted molar refractivity (Wildman–Crippen MR) is 106 cm³/mol. The van der Waals surface area contributed by atoms with E-state index in [1.807, 2.05) is 6.07 Å². The topological polar surface area (TPSA) is 133 Å². The van der Waals surface area contributed by atoms with E-state index >= 15 is 0 Å². The molecule has 3 rings (SSSR count). The van der Waals surface area contributed by atoms with Gasteiger partial charge in [-0.2, -0.15) is 9.57 Å². The van der Waals surface area contributed by atoms with Crippen LogP contribution in [-0.4, -0.2) is 37.6 Å². The van der Waals surface area contributed by atoms with Crippen molar-refractivity contribution in [3.8, 4) is 6.07 Å². The van der Waals surface area contributed by atoms with Crippen molar-refractivity contribution >= 4 is 21.8 Å². The lowest BCUT2D eigenvalue weighted by Gasteiger charge is -2.30. The lowest BCUT2D eigenvalue weighted by Crippen LogP contribution is -2.48. The van der Waals surface area contributed by atoms with E-state index in [4.69, 9.17) is 4.42 Å². The van der Waals surface area contributed by atoms with Crippen LogP contribution in [0.4, 0.5) is 0 Å². The second kappa shape index (κ2) is 8.69. The Kier molecular flexibility index (Phi) is 6.24. The Morgan fingerprint density at radius 3 is 2.43 bits per heavy atom. The van der Waals surface area contributed by atoms with Crippen LogP contribution in [0.1, 0.15) is 40.3 Å². The quantitative estimate of drug-likeness (QED) is 0.709. The van der Waals surface area contributed by atoms with Gasteiger partial charge in [-0.3, -0.25) is 20.4 Å². The third kappa shape index (κ3) is 4.37. The number of benzene rings is 1. The Labute approximate surface area is 174 Å². The molecule has 2 amide bonds. The van der Waals surface area contributed by atoms with Gasteiger partial charge < -0.3 is 4.42 Å². The van der Waals surface area contributed by atoms with Gasteiger partial charge >= 0.3 is 0 Å². The van der Waals surface area contributed by atoms with Crippen molar-refractivity contribution in [3.05, 3.63) is 53.0 Å². The number of hydrogen-bond donors (Lipinski definition) is 2. The molecule has 158 valence electrons. The molecule has 9 nitrogen and oxygen atoms in total. The molecule has 0 unspecified atom stereocenters. The number of nitrogens with zero attached hydrogens (tertiary/aromatic N) is 2. The molecule has 0 aliphatic carbocycles. The van der Waals surface area contributed by atoms with Gasteiger partial charge in [-0.05, 0) is 44.9 Å². The van der Waals surface area contributed by atoms with E-state index in [1.165, 1.54) is 16.4 Å². The van der Waals surface area contributed by atoms with Crippen molar-refractivity contribution in [2.45, 2.75) is 31.6 Å². The lowest BCUT2D eigenvalue weighted by atomic mass is 9.98. The zero-order valence-electron chi connectivity index (χ0n) is 16.6. The fraction of sp³-hybridized carbons (Fsp3) is 0.350. The van der Waals surface area contributed by atoms with Crippen molar-refractivity contribution in [2.24, 2.45) is 5.92 Å². The smallest absolute Gasteiger partial charge is 0.273 e. The summed E-state index contributed by atoms with van der Waals surface area (Å²) in [6, 6.07) is 9.52. The molecule has 0 radical (unpaired) electrons. The van der Waals surface area contributed by atoms with Crippen molar-refractivity contribution in [3.63, 3.8) is 0 Å². The second-order valence-corrected chi connectivity index (χ2v) is 8.96. The summed E-state index contributed by atoms with van der Waals surface area (Å²) in [7, 11) is -3.82. The predicted octanol–water partition coefficient (Wildman–Crippen LogP) is 1.63. The van der Waals surface area contributed by atoms with Crippen LogP contribution in [-0.2, 0) is 14.8 Å². The summed E-state index contributed by atoms with van der Waals surface area (Å²) in [6.45, 7) is 3.67. The lowest BCUT2D eigenvalue weighted by molar-refractivity contribution is -0.126. The minimum Gasteiger partial charge on any atom is -0.466 e. The maximum atomic E-state index is 12.9. The highest BCUT2D eigenvalue weighted by Crippen LogP contribution is 2.25. The number of nitrogens with one attached hydrogen (secondary N) is 2. The highest BCUT2D eigenvalue weighted by Gasteiger charge is 2.33. The maximum Gasteiger partial charge on any atom is 0.273 e. The van der Waals surface area contributed by atoms with Crippen LogP contribution in [0.2, 0.25) is 0 Å². The number of hydrogen-bond acceptors (Lipinski definition) is 6. The number of carbonyl (C=O) groups excluding carboxylic acids is 2. The van der Waals surface area contributed by atoms with Crippen LogP contribution < -0.4 is 10.9 Å². The van der Waals surface area contributed by atoms with Crippen LogP contribution >= 0.6 is 0 Å². The molecule has 30 heavy (non-hydrogen) atoms. The number of hydrazine groups is 1. The molecule has 1 fully saturated rings. The van der Waals surface area contributed by atoms with Crippen LogP contribution in [0.25, 0.3) is 0 Å². The van der Waals surface area contributed by atoms with Gasteiger partial charge in [-0.25, -0.2) is 8.42 Å². The second-order valence-electron chi connectivity index (χ2n) is 7.06. The average molecular weight is 430 g/mol. The molecule has 1 saturated heterocycles. The average Bonchev–Trinajstić information content (AvgIpc) is 3.09. The van der Waals surface area contributed by atoms with Crippen molar-refractivity contribution in [1.29, 1.82) is 5.26 Å². The van der Waals surface area contributed by atoms with E-state index in [-0.39, 0.29) is 29.5 Å². The van der Waals surface area contributed by atoms with Gasteiger partial charge in [0.25, 0.3) is 5.91 Å². The maximum absolute atomic E-state index is 12.9. The Morgan fingerprint density at radius 1 is 1.17 bits per heavy atom. The molecule has 2 N–H and O–H groups in total. The summed E-state index contributed by atoms with van der Waals surface area (Å²) < 4.78 is 32.3. The Balaban J connectivity index is 1.57. The Morgan fingerprint density at radius 2 is 1.83 bits per heavy atom. The van der Waals surface area contributed by atoms with E-state index in [1.54, 1.807) is 32.0 Å². The number of rotatable bonds is 4. The number of nitriles is 1. The van der Waals surface area contributed by atoms with E-state index in [0.29, 0.717) is 29.9 Å². The fourth-order valence-electron chi connectivity index (χ4n) is 3.43. The van der Waals surface area contributed by atoms with E-state index in [0.717, 1.165) is 0 Å². The Hall–Kier alpha value is -3.16. The Bertz CT molecular complexity index is 1110. The van der Waals surface area contributed by atoms with Gasteiger partial charge in [0.15, 0.2) is 0 Å². The molecule has 0 spiro atoms. The summed E-state index contributed by atoms with van der Waals surface area (Å²) >= 11 is 0. The third-order valence-electron chi connectivity index (χ3n) is 5.03. The summed E-state index contributed by atoms with van der Waals surface area (Å²) in [4.78, 5) is 24.5. The van der Waals surface area contributed by atoms with Crippen LogP contribution in [0.15, 0.2) is 39.6 Å². The molecule has 0 atom stereocenters. The van der Waals surface area contributed by atoms with Gasteiger partial charge in [0.1, 0.15) is 17.6 Å². The summed E-state index contributed by atoms with van der Waals surface area (Å²) in [6.07, 6.45) is 0.610. The first kappa shape index (κ1) is 21.5. The zero-order chi connectivity index (χ0) is 21.9. The minimum atomic E-state index is -3.82. The minimum absolute atomic E-state index is 0.0339. The van der Waals surface area contributed by atoms with Gasteiger partial charge in [0, 0.05) is 19.0 Å². The molecular formula is C20H22N4O5S.